The van der Waals surface area contributed by atoms with Crippen molar-refractivity contribution in [3.8, 4) is 16.9 Å². The van der Waals surface area contributed by atoms with E-state index >= 15 is 0 Å². The minimum atomic E-state index is -0.311. The zero-order valence-corrected chi connectivity index (χ0v) is 17.2. The summed E-state index contributed by atoms with van der Waals surface area (Å²) in [6.07, 6.45) is 2.21. The molecular weight excluding hydrogens is 395 g/mol. The normalized spacial score (nSPS) is 16.1. The Morgan fingerprint density at radius 1 is 1.19 bits per heavy atom. The Balaban J connectivity index is 1.63. The van der Waals surface area contributed by atoms with E-state index in [1.54, 1.807) is 16.8 Å². The van der Waals surface area contributed by atoms with Gasteiger partial charge in [-0.3, -0.25) is 0 Å². The number of anilines is 2. The van der Waals surface area contributed by atoms with Crippen LogP contribution in [0.15, 0.2) is 48.5 Å². The Kier molecular flexibility index (Phi) is 4.99. The second kappa shape index (κ2) is 7.96. The van der Waals surface area contributed by atoms with Crippen molar-refractivity contribution >= 4 is 22.8 Å². The minimum Gasteiger partial charge on any atom is -0.383 e. The van der Waals surface area contributed by atoms with Crippen LogP contribution in [0.1, 0.15) is 18.4 Å². The Morgan fingerprint density at radius 3 is 2.77 bits per heavy atom. The van der Waals surface area contributed by atoms with Crippen molar-refractivity contribution in [2.24, 2.45) is 0 Å². The van der Waals surface area contributed by atoms with Gasteiger partial charge in [0.05, 0.1) is 22.9 Å². The fourth-order valence-corrected chi connectivity index (χ4v) is 3.87. The van der Waals surface area contributed by atoms with Gasteiger partial charge >= 0.3 is 0 Å². The number of rotatable bonds is 5. The number of nitrogens with two attached hydrogens (primary N) is 1. The van der Waals surface area contributed by atoms with E-state index in [9.17, 15) is 4.39 Å². The quantitative estimate of drug-likeness (QED) is 0.507. The third kappa shape index (κ3) is 3.82. The lowest BCUT2D eigenvalue weighted by atomic mass is 10.1. The monoisotopic (exact) mass is 418 g/mol. The van der Waals surface area contributed by atoms with E-state index in [1.165, 1.54) is 12.1 Å². The molecule has 158 valence electrons. The van der Waals surface area contributed by atoms with Crippen molar-refractivity contribution in [1.82, 2.24) is 19.7 Å². The summed E-state index contributed by atoms with van der Waals surface area (Å²) in [5.41, 5.74) is 10.3. The Morgan fingerprint density at radius 2 is 2.03 bits per heavy atom. The molecular formula is C23H23FN6O. The summed E-state index contributed by atoms with van der Waals surface area (Å²) in [6.45, 7) is 3.41. The summed E-state index contributed by atoms with van der Waals surface area (Å²) in [6, 6.07) is 14.1. The van der Waals surface area contributed by atoms with Crippen LogP contribution in [0, 0.1) is 12.7 Å². The molecule has 1 aliphatic rings. The number of halogens is 1. The number of aryl methyl sites for hydroxylation is 1. The first-order valence-electron chi connectivity index (χ1n) is 10.3. The summed E-state index contributed by atoms with van der Waals surface area (Å²) in [7, 11) is 0. The molecule has 5 rings (SSSR count). The predicted octanol–water partition coefficient (Wildman–Crippen LogP) is 4.10. The molecule has 0 bridgehead atoms. The molecule has 0 aliphatic carbocycles. The van der Waals surface area contributed by atoms with Gasteiger partial charge in [0.1, 0.15) is 11.6 Å². The van der Waals surface area contributed by atoms with Crippen LogP contribution >= 0.6 is 0 Å². The van der Waals surface area contributed by atoms with Crippen molar-refractivity contribution in [2.75, 3.05) is 24.2 Å². The highest BCUT2D eigenvalue weighted by Gasteiger charge is 2.21. The maximum Gasteiger partial charge on any atom is 0.225 e. The first-order valence-corrected chi connectivity index (χ1v) is 10.3. The number of hydrogen-bond donors (Lipinski definition) is 2. The van der Waals surface area contributed by atoms with Crippen molar-refractivity contribution in [3.63, 3.8) is 0 Å². The van der Waals surface area contributed by atoms with Crippen LogP contribution in [-0.4, -0.2) is 39.0 Å². The van der Waals surface area contributed by atoms with Gasteiger partial charge in [-0.1, -0.05) is 12.1 Å². The molecule has 4 aromatic rings. The van der Waals surface area contributed by atoms with Gasteiger partial charge in [0, 0.05) is 18.7 Å². The number of aromatic nitrogens is 4. The first-order chi connectivity index (χ1) is 15.1. The van der Waals surface area contributed by atoms with Gasteiger partial charge in [-0.05, 0) is 61.7 Å². The Bertz CT molecular complexity index is 1230. The first kappa shape index (κ1) is 19.4. The van der Waals surface area contributed by atoms with Crippen LogP contribution in [0.3, 0.4) is 0 Å². The molecule has 1 fully saturated rings. The maximum absolute atomic E-state index is 13.5. The van der Waals surface area contributed by atoms with Crippen LogP contribution in [0.4, 0.5) is 16.2 Å². The second-order valence-electron chi connectivity index (χ2n) is 7.75. The Hall–Kier alpha value is -3.52. The molecule has 8 heteroatoms. The highest BCUT2D eigenvalue weighted by atomic mass is 19.1. The third-order valence-electron chi connectivity index (χ3n) is 5.44. The Labute approximate surface area is 179 Å². The number of nitrogen functional groups attached to an aromatic ring is 1. The van der Waals surface area contributed by atoms with Crippen LogP contribution in [-0.2, 0) is 4.74 Å². The van der Waals surface area contributed by atoms with E-state index in [0.717, 1.165) is 36.3 Å². The number of fused-ring (bicyclic) bond motifs is 1. The van der Waals surface area contributed by atoms with Crippen molar-refractivity contribution in [2.45, 2.75) is 25.9 Å². The van der Waals surface area contributed by atoms with E-state index < -0.39 is 0 Å². The zero-order valence-electron chi connectivity index (χ0n) is 17.2. The molecule has 0 amide bonds. The second-order valence-corrected chi connectivity index (χ2v) is 7.75. The molecule has 0 unspecified atom stereocenters. The fraction of sp³-hybridized carbons (Fsp3) is 0.261. The van der Waals surface area contributed by atoms with Gasteiger partial charge in [0.2, 0.25) is 5.95 Å². The topological polar surface area (TPSA) is 90.9 Å². The van der Waals surface area contributed by atoms with Crippen LogP contribution in [0.25, 0.3) is 28.0 Å². The fourth-order valence-electron chi connectivity index (χ4n) is 3.87. The lowest BCUT2D eigenvalue weighted by molar-refractivity contribution is 0.120. The summed E-state index contributed by atoms with van der Waals surface area (Å²) in [4.78, 5) is 9.32. The van der Waals surface area contributed by atoms with E-state index in [1.807, 2.05) is 31.2 Å². The summed E-state index contributed by atoms with van der Waals surface area (Å²) in [5, 5.41) is 8.56. The molecule has 0 radical (unpaired) electrons. The zero-order chi connectivity index (χ0) is 21.4. The number of hydrogen-bond acceptors (Lipinski definition) is 6. The number of ether oxygens (including phenoxy) is 1. The molecule has 7 nitrogen and oxygen atoms in total. The molecule has 3 heterocycles. The molecule has 1 saturated heterocycles. The van der Waals surface area contributed by atoms with E-state index in [2.05, 4.69) is 15.4 Å². The predicted molar refractivity (Wildman–Crippen MR) is 119 cm³/mol. The van der Waals surface area contributed by atoms with Gasteiger partial charge in [0.25, 0.3) is 0 Å². The highest BCUT2D eigenvalue weighted by Crippen LogP contribution is 2.33. The van der Waals surface area contributed by atoms with Gasteiger partial charge in [0.15, 0.2) is 5.65 Å². The number of nitrogens with zero attached hydrogens (tertiary/aromatic N) is 4. The van der Waals surface area contributed by atoms with E-state index in [0.29, 0.717) is 35.0 Å². The number of benzene rings is 2. The van der Waals surface area contributed by atoms with Gasteiger partial charge in [-0.2, -0.15) is 4.98 Å². The molecule has 1 atom stereocenters. The summed E-state index contributed by atoms with van der Waals surface area (Å²) < 4.78 is 20.9. The molecule has 0 spiro atoms. The highest BCUT2D eigenvalue weighted by molar-refractivity contribution is 5.99. The SMILES string of the molecule is Cc1cccc(-n2nc3nc(NC[C@@H]4CCCO4)nc(-c4ccc(F)cc4)c3c2N)c1. The van der Waals surface area contributed by atoms with Crippen molar-refractivity contribution in [1.29, 1.82) is 0 Å². The summed E-state index contributed by atoms with van der Waals surface area (Å²) >= 11 is 0. The van der Waals surface area contributed by atoms with Crippen LogP contribution < -0.4 is 11.1 Å². The smallest absolute Gasteiger partial charge is 0.225 e. The molecule has 2 aromatic heterocycles. The van der Waals surface area contributed by atoms with Gasteiger partial charge in [-0.15, -0.1) is 5.10 Å². The molecule has 3 N–H and O–H groups in total. The number of nitrogens with one attached hydrogen (secondary N) is 1. The largest absolute Gasteiger partial charge is 0.383 e. The van der Waals surface area contributed by atoms with E-state index in [4.69, 9.17) is 15.5 Å². The molecule has 0 saturated carbocycles. The standard InChI is InChI=1S/C23H23FN6O/c1-14-4-2-5-17(12-14)30-21(25)19-20(15-7-9-16(24)10-8-15)27-23(28-22(19)29-30)26-13-18-6-3-11-31-18/h2,4-5,7-10,12,18H,3,6,11,13,25H2,1H3,(H,26,28,29)/t18-/m0/s1. The summed E-state index contributed by atoms with van der Waals surface area (Å²) in [5.74, 6) is 0.566. The van der Waals surface area contributed by atoms with Gasteiger partial charge in [-0.25, -0.2) is 14.1 Å². The van der Waals surface area contributed by atoms with Crippen LogP contribution in [0.2, 0.25) is 0 Å². The third-order valence-corrected chi connectivity index (χ3v) is 5.44. The molecule has 1 aliphatic heterocycles. The van der Waals surface area contributed by atoms with Crippen molar-refractivity contribution in [3.05, 3.63) is 59.9 Å². The molecule has 2 aromatic carbocycles. The average Bonchev–Trinajstić information content (AvgIpc) is 3.40. The molecule has 31 heavy (non-hydrogen) atoms. The van der Waals surface area contributed by atoms with Crippen LogP contribution in [0.5, 0.6) is 0 Å². The minimum absolute atomic E-state index is 0.142. The average molecular weight is 418 g/mol. The lowest BCUT2D eigenvalue weighted by Gasteiger charge is -2.12. The van der Waals surface area contributed by atoms with Gasteiger partial charge < -0.3 is 15.8 Å². The van der Waals surface area contributed by atoms with Crippen molar-refractivity contribution < 1.29 is 9.13 Å². The van der Waals surface area contributed by atoms with E-state index in [-0.39, 0.29) is 11.9 Å². The maximum atomic E-state index is 13.5. The lowest BCUT2D eigenvalue weighted by Crippen LogP contribution is -2.19.